The van der Waals surface area contributed by atoms with Gasteiger partial charge in [-0.1, -0.05) is 146 Å². The van der Waals surface area contributed by atoms with Crippen molar-refractivity contribution in [3.05, 3.63) is 248 Å². The van der Waals surface area contributed by atoms with Crippen molar-refractivity contribution in [2.45, 2.75) is 161 Å². The quantitative estimate of drug-likeness (QED) is 0.0137. The Morgan fingerprint density at radius 3 is 1.60 bits per heavy atom. The number of benzene rings is 8. The van der Waals surface area contributed by atoms with Crippen molar-refractivity contribution < 1.29 is 110 Å². The molecule has 0 saturated heterocycles. The zero-order chi connectivity index (χ0) is 83.3. The zero-order valence-electron chi connectivity index (χ0n) is 70.3. The van der Waals surface area contributed by atoms with Gasteiger partial charge in [-0.3, -0.25) is 29.2 Å². The number of rotatable bonds is 25. The SMILES string of the molecule is CC(=O)[O-].CC1=[N+](CCCCC(=O)O)c2ccc3cc(C)ccc3c2C1(C)C.CN1CC(C=Nc2ccccc2)=C(Cl)/C(=C/Nc2ccccc2)C1.Cc1ccc2c3c(ccc2c1)[N+](CCCCCC(=O)O)=C(/C=C/C1=C(Cl)C(=C/C=C2/N(CCCCCC(=O)O)c4ccc5cc(S(=O)(=O)[O-])ccc5c4C2(C)C)/CN(C)C1)C3(C)C.Cl.Cl.[Na+].[V]. The number of carbonyl (C=O) groups excluding carboxylic acids is 1. The Morgan fingerprint density at radius 1 is 0.555 bits per heavy atom. The van der Waals surface area contributed by atoms with Crippen molar-refractivity contribution in [2.24, 2.45) is 4.99 Å². The number of allylic oxidation sites excluding steroid dienone is 4. The van der Waals surface area contributed by atoms with Crippen molar-refractivity contribution >= 4 is 160 Å². The minimum Gasteiger partial charge on any atom is -0.744 e. The average molecular weight is 1760 g/mol. The summed E-state index contributed by atoms with van der Waals surface area (Å²) in [6.45, 7) is 26.1. The normalized spacial score (nSPS) is 16.9. The fourth-order valence-electron chi connectivity index (χ4n) is 16.4. The van der Waals surface area contributed by atoms with Gasteiger partial charge in [0.2, 0.25) is 11.4 Å². The molecule has 0 saturated carbocycles. The molecule has 0 fully saturated rings. The van der Waals surface area contributed by atoms with Gasteiger partial charge in [0.05, 0.1) is 26.4 Å². The molecule has 0 aliphatic carbocycles. The molecule has 0 bridgehead atoms. The molecule has 5 heterocycles. The molecule has 0 aromatic heterocycles. The molecule has 1 radical (unpaired) electrons. The van der Waals surface area contributed by atoms with Gasteiger partial charge in [-0.25, -0.2) is 8.42 Å². The van der Waals surface area contributed by atoms with E-state index in [1.165, 1.54) is 78.7 Å². The number of aryl methyl sites for hydroxylation is 2. The molecule has 8 aromatic rings. The van der Waals surface area contributed by atoms with E-state index in [2.05, 4.69) is 196 Å². The third-order valence-electron chi connectivity index (χ3n) is 22.1. The molecule has 13 rings (SSSR count). The first kappa shape index (κ1) is 99.9. The molecule has 119 heavy (non-hydrogen) atoms. The van der Waals surface area contributed by atoms with Crippen LogP contribution in [0.25, 0.3) is 32.3 Å². The van der Waals surface area contributed by atoms with E-state index in [1.807, 2.05) is 85.2 Å². The Labute approximate surface area is 757 Å². The molecule has 8 aromatic carbocycles. The van der Waals surface area contributed by atoms with Gasteiger partial charge in [-0.05, 0) is 210 Å². The number of nitrogens with zero attached hydrogens (tertiary/aromatic N) is 6. The van der Waals surface area contributed by atoms with Crippen LogP contribution >= 0.6 is 48.0 Å². The summed E-state index contributed by atoms with van der Waals surface area (Å²) >= 11 is 14.0. The molecule has 0 atom stereocenters. The molecule has 18 nitrogen and oxygen atoms in total. The number of fused-ring (bicyclic) bond motifs is 9. The molecule has 0 amide bonds. The number of hydrogen-bond acceptors (Lipinski definition) is 13. The minimum absolute atomic E-state index is 0. The summed E-state index contributed by atoms with van der Waals surface area (Å²) in [7, 11) is -0.471. The van der Waals surface area contributed by atoms with Crippen LogP contribution in [0.2, 0.25) is 0 Å². The predicted molar refractivity (Wildman–Crippen MR) is 479 cm³/mol. The number of halogens is 4. The number of para-hydroxylation sites is 2. The van der Waals surface area contributed by atoms with Crippen LogP contribution in [0.1, 0.15) is 154 Å². The summed E-state index contributed by atoms with van der Waals surface area (Å²) in [5.41, 5.74) is 18.4. The summed E-state index contributed by atoms with van der Waals surface area (Å²) in [4.78, 5) is 53.1. The van der Waals surface area contributed by atoms with Gasteiger partial charge >= 0.3 is 47.5 Å². The number of aliphatic carboxylic acids is 4. The van der Waals surface area contributed by atoms with Crippen molar-refractivity contribution in [1.82, 2.24) is 9.80 Å². The first-order valence-corrected chi connectivity index (χ1v) is 41.5. The first-order chi connectivity index (χ1) is 54.6. The van der Waals surface area contributed by atoms with E-state index in [4.69, 9.17) is 38.2 Å². The third kappa shape index (κ3) is 24.9. The summed E-state index contributed by atoms with van der Waals surface area (Å²) < 4.78 is 40.6. The second-order valence-electron chi connectivity index (χ2n) is 32.1. The van der Waals surface area contributed by atoms with E-state index < -0.39 is 39.4 Å². The van der Waals surface area contributed by atoms with E-state index in [0.717, 1.165) is 133 Å². The molecule has 0 unspecified atom stereocenters. The number of unbranched alkanes of at least 4 members (excludes halogenated alkanes) is 5. The average Bonchev–Trinajstić information content (AvgIpc) is 1.58. The number of anilines is 2. The maximum absolute atomic E-state index is 11.9. The Bertz CT molecular complexity index is 5460. The van der Waals surface area contributed by atoms with Gasteiger partial charge in [-0.15, -0.1) is 24.8 Å². The van der Waals surface area contributed by atoms with Gasteiger partial charge in [0.25, 0.3) is 0 Å². The van der Waals surface area contributed by atoms with Crippen LogP contribution in [0.3, 0.4) is 0 Å². The number of carboxylic acid groups (broad SMARTS) is 4. The van der Waals surface area contributed by atoms with Crippen LogP contribution in [0.4, 0.5) is 28.4 Å². The second kappa shape index (κ2) is 44.2. The monoisotopic (exact) mass is 1760 g/mol. The molecule has 4 N–H and O–H groups in total. The van der Waals surface area contributed by atoms with E-state index in [1.54, 1.807) is 6.07 Å². The Morgan fingerprint density at radius 2 is 1.03 bits per heavy atom. The fourth-order valence-corrected chi connectivity index (χ4v) is 17.3. The standard InChI is InChI=1S/C51H58ClN3O7S.C21H25NO2.C20H20ClN3.C2H4O2.2ClH.Na.V/c1-33-15-21-39-34(29-33)16-23-41-47(39)50(2,3)43(54(41)27-11-7-9-13-45(56)57)25-18-36-31-53(6)32-37(49(36)52)19-26-44-51(4,5)48-40-22-20-38(63(60,61)62)30-35(40)17-24-42(48)55(44)28-12-8-10-14-46(58)59;1-14-8-10-17-16(13-14)9-11-18-20(17)21(3,4)15(2)22(18)12-6-5-7-19(23)24;1-24-14-16(12-22-18-8-4-2-5-9-18)20(21)17(15-24)13-23-19-10-6-3-7-11-19;1-2(3)4;;;;/h15-26,29-30H,7-14,27-28,31-32H2,1-6H3,(H2-,56,57,58,59,60,61,62);8-11,13H,5-7,12H2,1-4H3;2-13,22H,14-15H2,1H3;1H3,(H,3,4);2*1H;;/q;;;;;;+1;/b;;16-12+,23-13?;;;;;. The number of likely N-dealkylation sites (N-methyl/N-ethyl adjacent to an activating group) is 2. The van der Waals surface area contributed by atoms with Crippen LogP contribution in [0.5, 0.6) is 0 Å². The number of carbonyl (C=O) groups is 4. The largest absolute Gasteiger partial charge is 1.00 e. The van der Waals surface area contributed by atoms with Crippen LogP contribution in [0, 0.1) is 13.8 Å². The number of aliphatic imine (C=N–C) groups is 1. The zero-order valence-corrected chi connectivity index (χ0v) is 77.7. The second-order valence-corrected chi connectivity index (χ2v) is 34.2. The van der Waals surface area contributed by atoms with Crippen LogP contribution in [-0.4, -0.2) is 149 Å². The van der Waals surface area contributed by atoms with Crippen LogP contribution in [0.15, 0.2) is 230 Å². The summed E-state index contributed by atoms with van der Waals surface area (Å²) in [5.74, 6) is -3.37. The molecule has 0 spiro atoms. The van der Waals surface area contributed by atoms with E-state index in [0.29, 0.717) is 42.9 Å². The van der Waals surface area contributed by atoms with Crippen molar-refractivity contribution in [3.8, 4) is 0 Å². The van der Waals surface area contributed by atoms with Crippen molar-refractivity contribution in [1.29, 1.82) is 0 Å². The molecule has 25 heteroatoms. The summed E-state index contributed by atoms with van der Waals surface area (Å²) in [6, 6.07) is 50.5. The van der Waals surface area contributed by atoms with Crippen LogP contribution < -0.4 is 44.9 Å². The predicted octanol–water partition coefficient (Wildman–Crippen LogP) is 16.7. The minimum atomic E-state index is -4.63. The number of nitrogens with one attached hydrogen (secondary N) is 1. The third-order valence-corrected chi connectivity index (χ3v) is 23.9. The van der Waals surface area contributed by atoms with Gasteiger partial charge in [0, 0.05) is 177 Å². The molecular formula is C94H109Cl4N7NaO11SV+. The topological polar surface area (TPSA) is 249 Å². The number of hydrogen-bond donors (Lipinski definition) is 4. The van der Waals surface area contributed by atoms with E-state index in [-0.39, 0.29) is 108 Å². The smallest absolute Gasteiger partial charge is 0.744 e. The summed E-state index contributed by atoms with van der Waals surface area (Å²) in [6.07, 6.45) is 19.1. The maximum atomic E-state index is 11.9. The van der Waals surface area contributed by atoms with Gasteiger partial charge in [0.15, 0.2) is 11.4 Å². The van der Waals surface area contributed by atoms with E-state index in [9.17, 15) is 37.6 Å². The van der Waals surface area contributed by atoms with Gasteiger partial charge in [-0.2, -0.15) is 9.15 Å². The Balaban J connectivity index is 0.000000320. The van der Waals surface area contributed by atoms with Gasteiger partial charge in [0.1, 0.15) is 23.2 Å². The number of carboxylic acids is 4. The Hall–Kier alpha value is -7.96. The van der Waals surface area contributed by atoms with Gasteiger partial charge < -0.3 is 40.0 Å². The van der Waals surface area contributed by atoms with Crippen LogP contribution in [-0.2, 0) is 64.1 Å². The maximum Gasteiger partial charge on any atom is 1.00 e. The summed E-state index contributed by atoms with van der Waals surface area (Å²) in [5, 5.41) is 47.5. The first-order valence-electron chi connectivity index (χ1n) is 39.4. The molecule has 5 aliphatic heterocycles. The fraction of sp³-hybridized carbons (Fsp3) is 0.351. The molecular weight excluding hydrogens is 1650 g/mol. The Kier molecular flexibility index (Phi) is 37.1. The van der Waals surface area contributed by atoms with Crippen molar-refractivity contribution in [3.63, 3.8) is 0 Å². The molecule has 625 valence electrons. The molecule has 5 aliphatic rings. The van der Waals surface area contributed by atoms with Crippen molar-refractivity contribution in [2.75, 3.05) is 70.1 Å². The van der Waals surface area contributed by atoms with E-state index >= 15 is 0 Å².